The molecule has 12 heavy (non-hydrogen) atoms. The summed E-state index contributed by atoms with van der Waals surface area (Å²) in [5.74, 6) is 6.93. The van der Waals surface area contributed by atoms with Gasteiger partial charge in [0, 0.05) is 18.0 Å². The van der Waals surface area contributed by atoms with E-state index < -0.39 is 0 Å². The SMILES string of the molecule is CC(C)CC#CCc1nccs1. The Bertz CT molecular complexity index is 264. The van der Waals surface area contributed by atoms with E-state index in [0.29, 0.717) is 5.92 Å². The van der Waals surface area contributed by atoms with E-state index in [-0.39, 0.29) is 0 Å². The molecule has 0 N–H and O–H groups in total. The highest BCUT2D eigenvalue weighted by molar-refractivity contribution is 7.09. The molecular weight excluding hydrogens is 166 g/mol. The first-order chi connectivity index (χ1) is 5.79. The van der Waals surface area contributed by atoms with Crippen molar-refractivity contribution >= 4 is 11.3 Å². The van der Waals surface area contributed by atoms with Gasteiger partial charge in [-0.1, -0.05) is 19.8 Å². The first kappa shape index (κ1) is 9.28. The van der Waals surface area contributed by atoms with Crippen LogP contribution in [0.3, 0.4) is 0 Å². The normalized spacial score (nSPS) is 9.58. The lowest BCUT2D eigenvalue weighted by Gasteiger charge is -1.92. The van der Waals surface area contributed by atoms with Crippen LogP contribution in [0, 0.1) is 17.8 Å². The molecular formula is C10H13NS. The van der Waals surface area contributed by atoms with Gasteiger partial charge < -0.3 is 0 Å². The van der Waals surface area contributed by atoms with Crippen LogP contribution < -0.4 is 0 Å². The molecule has 0 spiro atoms. The quantitative estimate of drug-likeness (QED) is 0.636. The van der Waals surface area contributed by atoms with E-state index in [4.69, 9.17) is 0 Å². The third-order valence-electron chi connectivity index (χ3n) is 1.36. The molecule has 0 fully saturated rings. The van der Waals surface area contributed by atoms with Crippen molar-refractivity contribution in [3.05, 3.63) is 16.6 Å². The Morgan fingerprint density at radius 2 is 2.33 bits per heavy atom. The van der Waals surface area contributed by atoms with E-state index in [1.54, 1.807) is 11.3 Å². The molecule has 0 unspecified atom stereocenters. The lowest BCUT2D eigenvalue weighted by Crippen LogP contribution is -1.83. The number of hydrogen-bond acceptors (Lipinski definition) is 2. The van der Waals surface area contributed by atoms with Crippen LogP contribution in [0.2, 0.25) is 0 Å². The molecule has 2 heteroatoms. The van der Waals surface area contributed by atoms with Crippen molar-refractivity contribution in [2.24, 2.45) is 5.92 Å². The molecule has 1 aromatic heterocycles. The number of rotatable bonds is 2. The van der Waals surface area contributed by atoms with E-state index in [1.807, 2.05) is 11.6 Å². The second kappa shape index (κ2) is 4.95. The average Bonchev–Trinajstić information content (AvgIpc) is 2.49. The van der Waals surface area contributed by atoms with Crippen LogP contribution in [0.4, 0.5) is 0 Å². The van der Waals surface area contributed by atoms with E-state index in [2.05, 4.69) is 30.7 Å². The topological polar surface area (TPSA) is 12.9 Å². The van der Waals surface area contributed by atoms with Gasteiger partial charge in [-0.15, -0.1) is 17.3 Å². The summed E-state index contributed by atoms with van der Waals surface area (Å²) in [5.41, 5.74) is 0. The first-order valence-corrected chi connectivity index (χ1v) is 5.01. The average molecular weight is 179 g/mol. The minimum absolute atomic E-state index is 0.675. The molecule has 0 radical (unpaired) electrons. The summed E-state index contributed by atoms with van der Waals surface area (Å²) in [5, 5.41) is 3.10. The van der Waals surface area contributed by atoms with Crippen LogP contribution in [-0.2, 0) is 6.42 Å². The third-order valence-corrected chi connectivity index (χ3v) is 2.14. The second-order valence-corrected chi connectivity index (χ2v) is 4.03. The standard InChI is InChI=1S/C10H13NS/c1-9(2)5-3-4-6-10-11-7-8-12-10/h7-9H,5-6H2,1-2H3. The zero-order valence-electron chi connectivity index (χ0n) is 7.50. The van der Waals surface area contributed by atoms with Gasteiger partial charge in [-0.2, -0.15) is 0 Å². The number of thiazole rings is 1. The Morgan fingerprint density at radius 3 is 2.92 bits per heavy atom. The van der Waals surface area contributed by atoms with Crippen LogP contribution in [0.25, 0.3) is 0 Å². The fourth-order valence-corrected chi connectivity index (χ4v) is 1.31. The fourth-order valence-electron chi connectivity index (χ4n) is 0.755. The van der Waals surface area contributed by atoms with Gasteiger partial charge in [0.05, 0.1) is 6.42 Å². The summed E-state index contributed by atoms with van der Waals surface area (Å²) >= 11 is 1.67. The van der Waals surface area contributed by atoms with Gasteiger partial charge in [0.2, 0.25) is 0 Å². The van der Waals surface area contributed by atoms with E-state index in [0.717, 1.165) is 17.8 Å². The van der Waals surface area contributed by atoms with Gasteiger partial charge in [-0.3, -0.25) is 0 Å². The lowest BCUT2D eigenvalue weighted by atomic mass is 10.1. The van der Waals surface area contributed by atoms with Crippen LogP contribution in [0.1, 0.15) is 25.3 Å². The van der Waals surface area contributed by atoms with Crippen LogP contribution in [0.5, 0.6) is 0 Å². The minimum atomic E-state index is 0.675. The molecule has 1 aromatic rings. The fraction of sp³-hybridized carbons (Fsp3) is 0.500. The van der Waals surface area contributed by atoms with Crippen LogP contribution in [-0.4, -0.2) is 4.98 Å². The molecule has 0 aliphatic carbocycles. The Balaban J connectivity index is 2.29. The molecule has 0 amide bonds. The van der Waals surface area contributed by atoms with E-state index in [1.165, 1.54) is 0 Å². The molecule has 0 atom stereocenters. The maximum absolute atomic E-state index is 4.15. The largest absolute Gasteiger partial charge is 0.249 e. The van der Waals surface area contributed by atoms with Crippen molar-refractivity contribution in [3.8, 4) is 11.8 Å². The molecule has 1 nitrogen and oxygen atoms in total. The number of aromatic nitrogens is 1. The number of hydrogen-bond donors (Lipinski definition) is 0. The summed E-state index contributed by atoms with van der Waals surface area (Å²) in [6, 6.07) is 0. The molecule has 1 heterocycles. The maximum Gasteiger partial charge on any atom is 0.104 e. The zero-order chi connectivity index (χ0) is 8.81. The first-order valence-electron chi connectivity index (χ1n) is 4.13. The molecule has 1 rings (SSSR count). The predicted molar refractivity (Wildman–Crippen MR) is 53.0 cm³/mol. The maximum atomic E-state index is 4.15. The summed E-state index contributed by atoms with van der Waals surface area (Å²) in [6.07, 6.45) is 3.62. The van der Waals surface area contributed by atoms with Gasteiger partial charge in [-0.05, 0) is 5.92 Å². The third kappa shape index (κ3) is 3.54. The molecule has 0 aliphatic heterocycles. The minimum Gasteiger partial charge on any atom is -0.249 e. The number of nitrogens with zero attached hydrogens (tertiary/aromatic N) is 1. The lowest BCUT2D eigenvalue weighted by molar-refractivity contribution is 0.675. The molecule has 0 aliphatic rings. The summed E-state index contributed by atoms with van der Waals surface area (Å²) < 4.78 is 0. The van der Waals surface area contributed by atoms with Crippen molar-refractivity contribution < 1.29 is 0 Å². The van der Waals surface area contributed by atoms with Crippen molar-refractivity contribution in [1.29, 1.82) is 0 Å². The van der Waals surface area contributed by atoms with Gasteiger partial charge in [0.1, 0.15) is 5.01 Å². The predicted octanol–water partition coefficient (Wildman–Crippen LogP) is 2.74. The van der Waals surface area contributed by atoms with E-state index in [9.17, 15) is 0 Å². The Morgan fingerprint density at radius 1 is 1.50 bits per heavy atom. The molecule has 0 bridgehead atoms. The van der Waals surface area contributed by atoms with Crippen molar-refractivity contribution in [1.82, 2.24) is 4.98 Å². The van der Waals surface area contributed by atoms with Crippen molar-refractivity contribution in [2.75, 3.05) is 0 Å². The smallest absolute Gasteiger partial charge is 0.104 e. The van der Waals surface area contributed by atoms with Crippen molar-refractivity contribution in [2.45, 2.75) is 26.7 Å². The summed E-state index contributed by atoms with van der Waals surface area (Å²) in [7, 11) is 0. The monoisotopic (exact) mass is 179 g/mol. The summed E-state index contributed by atoms with van der Waals surface area (Å²) in [4.78, 5) is 4.15. The highest BCUT2D eigenvalue weighted by Crippen LogP contribution is 2.03. The molecule has 0 saturated carbocycles. The molecule has 64 valence electrons. The Labute approximate surface area is 77.8 Å². The van der Waals surface area contributed by atoms with Crippen LogP contribution in [0.15, 0.2) is 11.6 Å². The van der Waals surface area contributed by atoms with Gasteiger partial charge in [-0.25, -0.2) is 4.98 Å². The van der Waals surface area contributed by atoms with Gasteiger partial charge in [0.15, 0.2) is 0 Å². The summed E-state index contributed by atoms with van der Waals surface area (Å²) in [6.45, 7) is 4.36. The second-order valence-electron chi connectivity index (χ2n) is 3.05. The van der Waals surface area contributed by atoms with E-state index >= 15 is 0 Å². The van der Waals surface area contributed by atoms with Gasteiger partial charge in [0.25, 0.3) is 0 Å². The van der Waals surface area contributed by atoms with Gasteiger partial charge >= 0.3 is 0 Å². The Hall–Kier alpha value is -0.810. The highest BCUT2D eigenvalue weighted by Gasteiger charge is 1.90. The van der Waals surface area contributed by atoms with Crippen LogP contribution >= 0.6 is 11.3 Å². The Kier molecular flexibility index (Phi) is 3.83. The zero-order valence-corrected chi connectivity index (χ0v) is 8.32. The molecule has 0 aromatic carbocycles. The highest BCUT2D eigenvalue weighted by atomic mass is 32.1. The molecule has 0 saturated heterocycles. The van der Waals surface area contributed by atoms with Crippen molar-refractivity contribution in [3.63, 3.8) is 0 Å².